The molecule has 4 nitrogen and oxygen atoms in total. The Morgan fingerprint density at radius 3 is 2.32 bits per heavy atom. The van der Waals surface area contributed by atoms with Gasteiger partial charge >= 0.3 is 0 Å². The zero-order chi connectivity index (χ0) is 13.8. The lowest BCUT2D eigenvalue weighted by atomic mass is 9.93. The van der Waals surface area contributed by atoms with Crippen molar-refractivity contribution in [2.24, 2.45) is 11.7 Å². The van der Waals surface area contributed by atoms with E-state index in [1.54, 1.807) is 4.90 Å². The van der Waals surface area contributed by atoms with E-state index in [0.717, 1.165) is 12.8 Å². The molecule has 102 valence electrons. The minimum atomic E-state index is -0.350. The van der Waals surface area contributed by atoms with Gasteiger partial charge in [-0.05, 0) is 43.0 Å². The largest absolute Gasteiger partial charge is 0.370 e. The van der Waals surface area contributed by atoms with Gasteiger partial charge in [-0.15, -0.1) is 0 Å². The second-order valence-corrected chi connectivity index (χ2v) is 4.91. The number of likely N-dealkylation sites (tertiary alicyclic amines) is 1. The molecule has 0 unspecified atom stereocenters. The Hall–Kier alpha value is -1.91. The maximum atomic E-state index is 12.8. The van der Waals surface area contributed by atoms with Crippen molar-refractivity contribution < 1.29 is 14.0 Å². The molecule has 2 amide bonds. The summed E-state index contributed by atoms with van der Waals surface area (Å²) in [5, 5.41) is 0. The number of hydrogen-bond acceptors (Lipinski definition) is 2. The van der Waals surface area contributed by atoms with E-state index < -0.39 is 0 Å². The molecule has 19 heavy (non-hydrogen) atoms. The highest BCUT2D eigenvalue weighted by Crippen LogP contribution is 2.21. The molecule has 0 atom stereocenters. The van der Waals surface area contributed by atoms with Gasteiger partial charge in [0.15, 0.2) is 0 Å². The number of nitrogens with zero attached hydrogens (tertiary/aromatic N) is 1. The fourth-order valence-electron chi connectivity index (χ4n) is 2.40. The molecule has 1 aliphatic heterocycles. The van der Waals surface area contributed by atoms with Crippen LogP contribution in [-0.2, 0) is 4.79 Å². The van der Waals surface area contributed by atoms with Gasteiger partial charge in [-0.1, -0.05) is 0 Å². The zero-order valence-electron chi connectivity index (χ0n) is 10.6. The maximum Gasteiger partial charge on any atom is 0.253 e. The van der Waals surface area contributed by atoms with Crippen molar-refractivity contribution in [1.29, 1.82) is 0 Å². The summed E-state index contributed by atoms with van der Waals surface area (Å²) in [5.41, 5.74) is 5.66. The van der Waals surface area contributed by atoms with Gasteiger partial charge in [0.1, 0.15) is 5.82 Å². The van der Waals surface area contributed by atoms with Crippen LogP contribution in [0.4, 0.5) is 4.39 Å². The SMILES string of the molecule is NC(=O)CC1CCN(C(=O)c2ccc(F)cc2)CC1. The first-order valence-corrected chi connectivity index (χ1v) is 6.39. The summed E-state index contributed by atoms with van der Waals surface area (Å²) in [7, 11) is 0. The molecule has 2 N–H and O–H groups in total. The predicted octanol–water partition coefficient (Wildman–Crippen LogP) is 1.55. The summed E-state index contributed by atoms with van der Waals surface area (Å²) in [6, 6.07) is 5.56. The highest BCUT2D eigenvalue weighted by molar-refractivity contribution is 5.94. The lowest BCUT2D eigenvalue weighted by Gasteiger charge is -2.31. The van der Waals surface area contributed by atoms with E-state index in [4.69, 9.17) is 5.73 Å². The fourth-order valence-corrected chi connectivity index (χ4v) is 2.40. The summed E-state index contributed by atoms with van der Waals surface area (Å²) in [6.07, 6.45) is 1.96. The van der Waals surface area contributed by atoms with Crippen LogP contribution in [0.1, 0.15) is 29.6 Å². The second kappa shape index (κ2) is 5.82. The topological polar surface area (TPSA) is 63.4 Å². The molecule has 1 aromatic rings. The van der Waals surface area contributed by atoms with E-state index in [2.05, 4.69) is 0 Å². The number of nitrogens with two attached hydrogens (primary N) is 1. The Kier molecular flexibility index (Phi) is 4.14. The molecular formula is C14H17FN2O2. The number of carbonyl (C=O) groups excluding carboxylic acids is 2. The van der Waals surface area contributed by atoms with Gasteiger partial charge in [0.2, 0.25) is 5.91 Å². The van der Waals surface area contributed by atoms with Crippen molar-refractivity contribution in [2.75, 3.05) is 13.1 Å². The minimum Gasteiger partial charge on any atom is -0.370 e. The molecule has 0 aliphatic carbocycles. The molecule has 1 fully saturated rings. The van der Waals surface area contributed by atoms with Gasteiger partial charge in [0, 0.05) is 25.1 Å². The minimum absolute atomic E-state index is 0.0856. The Bertz CT molecular complexity index is 465. The van der Waals surface area contributed by atoms with Crippen LogP contribution in [-0.4, -0.2) is 29.8 Å². The van der Waals surface area contributed by atoms with Crippen molar-refractivity contribution in [2.45, 2.75) is 19.3 Å². The van der Waals surface area contributed by atoms with Crippen molar-refractivity contribution in [1.82, 2.24) is 4.90 Å². The van der Waals surface area contributed by atoms with Crippen LogP contribution in [0.25, 0.3) is 0 Å². The molecule has 0 saturated carbocycles. The first-order chi connectivity index (χ1) is 9.06. The van der Waals surface area contributed by atoms with Crippen molar-refractivity contribution in [3.63, 3.8) is 0 Å². The van der Waals surface area contributed by atoms with Crippen molar-refractivity contribution >= 4 is 11.8 Å². The summed E-state index contributed by atoms with van der Waals surface area (Å²) >= 11 is 0. The Morgan fingerprint density at radius 2 is 1.79 bits per heavy atom. The van der Waals surface area contributed by atoms with E-state index >= 15 is 0 Å². The number of hydrogen-bond donors (Lipinski definition) is 1. The number of rotatable bonds is 3. The molecule has 0 bridgehead atoms. The molecule has 0 aromatic heterocycles. The fraction of sp³-hybridized carbons (Fsp3) is 0.429. The quantitative estimate of drug-likeness (QED) is 0.900. The number of halogens is 1. The number of carbonyl (C=O) groups is 2. The van der Waals surface area contributed by atoms with Gasteiger partial charge in [-0.3, -0.25) is 9.59 Å². The monoisotopic (exact) mass is 264 g/mol. The van der Waals surface area contributed by atoms with Crippen LogP contribution >= 0.6 is 0 Å². The average Bonchev–Trinajstić information content (AvgIpc) is 2.39. The molecule has 1 saturated heterocycles. The van der Waals surface area contributed by atoms with Crippen molar-refractivity contribution in [3.8, 4) is 0 Å². The summed E-state index contributed by atoms with van der Waals surface area (Å²) in [6.45, 7) is 1.24. The first-order valence-electron chi connectivity index (χ1n) is 6.39. The number of amides is 2. The van der Waals surface area contributed by atoms with Crippen LogP contribution in [0.2, 0.25) is 0 Å². The molecule has 1 heterocycles. The maximum absolute atomic E-state index is 12.8. The van der Waals surface area contributed by atoms with Crippen molar-refractivity contribution in [3.05, 3.63) is 35.6 Å². The van der Waals surface area contributed by atoms with Crippen LogP contribution in [0.5, 0.6) is 0 Å². The summed E-state index contributed by atoms with van der Waals surface area (Å²) in [4.78, 5) is 24.7. The van der Waals surface area contributed by atoms with E-state index in [9.17, 15) is 14.0 Å². The lowest BCUT2D eigenvalue weighted by molar-refractivity contribution is -0.119. The van der Waals surface area contributed by atoms with E-state index in [1.165, 1.54) is 24.3 Å². The Balaban J connectivity index is 1.92. The molecule has 5 heteroatoms. The third-order valence-corrected chi connectivity index (χ3v) is 3.48. The van der Waals surface area contributed by atoms with Gasteiger partial charge in [0.25, 0.3) is 5.91 Å². The van der Waals surface area contributed by atoms with E-state index in [0.29, 0.717) is 25.1 Å². The first kappa shape index (κ1) is 13.5. The second-order valence-electron chi connectivity index (χ2n) is 4.91. The standard InChI is InChI=1S/C14H17FN2O2/c15-12-3-1-11(2-4-12)14(19)17-7-5-10(6-8-17)9-13(16)18/h1-4,10H,5-9H2,(H2,16,18). The predicted molar refractivity (Wildman–Crippen MR) is 68.8 cm³/mol. The molecular weight excluding hydrogens is 247 g/mol. The summed E-state index contributed by atoms with van der Waals surface area (Å²) < 4.78 is 12.8. The van der Waals surface area contributed by atoms with Crippen LogP contribution in [0.3, 0.4) is 0 Å². The molecule has 0 spiro atoms. The third kappa shape index (κ3) is 3.53. The van der Waals surface area contributed by atoms with E-state index in [-0.39, 0.29) is 23.5 Å². The molecule has 2 rings (SSSR count). The third-order valence-electron chi connectivity index (χ3n) is 3.48. The Morgan fingerprint density at radius 1 is 1.21 bits per heavy atom. The number of benzene rings is 1. The number of primary amides is 1. The van der Waals surface area contributed by atoms with Gasteiger partial charge in [-0.25, -0.2) is 4.39 Å². The smallest absolute Gasteiger partial charge is 0.253 e. The average molecular weight is 264 g/mol. The number of piperidine rings is 1. The van der Waals surface area contributed by atoms with Crippen LogP contribution in [0, 0.1) is 11.7 Å². The van der Waals surface area contributed by atoms with Gasteiger partial charge in [0.05, 0.1) is 0 Å². The van der Waals surface area contributed by atoms with Gasteiger partial charge in [-0.2, -0.15) is 0 Å². The van der Waals surface area contributed by atoms with Crippen LogP contribution < -0.4 is 5.73 Å². The zero-order valence-corrected chi connectivity index (χ0v) is 10.6. The van der Waals surface area contributed by atoms with Crippen LogP contribution in [0.15, 0.2) is 24.3 Å². The highest BCUT2D eigenvalue weighted by Gasteiger charge is 2.24. The summed E-state index contributed by atoms with van der Waals surface area (Å²) in [5.74, 6) is -0.452. The Labute approximate surface area is 111 Å². The normalized spacial score (nSPS) is 16.4. The van der Waals surface area contributed by atoms with Gasteiger partial charge < -0.3 is 10.6 Å². The molecule has 1 aliphatic rings. The molecule has 1 aromatic carbocycles. The van der Waals surface area contributed by atoms with E-state index in [1.807, 2.05) is 0 Å². The lowest BCUT2D eigenvalue weighted by Crippen LogP contribution is -2.39. The molecule has 0 radical (unpaired) electrons. The highest BCUT2D eigenvalue weighted by atomic mass is 19.1.